The molecule has 192 valence electrons. The van der Waals surface area contributed by atoms with E-state index in [0.717, 1.165) is 47.8 Å². The Bertz CT molecular complexity index is 668. The molecule has 0 saturated heterocycles. The van der Waals surface area contributed by atoms with E-state index in [-0.39, 0.29) is 24.9 Å². The van der Waals surface area contributed by atoms with Crippen LogP contribution in [-0.2, 0) is 4.79 Å². The number of hydrogen-bond donors (Lipinski definition) is 2. The molecule has 0 heterocycles. The summed E-state index contributed by atoms with van der Waals surface area (Å²) in [5.74, 6) is 6.35. The number of rotatable bonds is 7. The number of nitrogens with one attached hydrogen (secondary N) is 1. The summed E-state index contributed by atoms with van der Waals surface area (Å²) in [6.07, 6.45) is 16.6. The molecule has 4 aliphatic rings. The minimum absolute atomic E-state index is 0. The molecular weight excluding hydrogens is 428 g/mol. The van der Waals surface area contributed by atoms with Gasteiger partial charge < -0.3 is 11.1 Å². The quantitative estimate of drug-likeness (QED) is 0.413. The van der Waals surface area contributed by atoms with Gasteiger partial charge in [0.1, 0.15) is 0 Å². The van der Waals surface area contributed by atoms with Crippen molar-refractivity contribution >= 4 is 18.3 Å². The van der Waals surface area contributed by atoms with Gasteiger partial charge in [0, 0.05) is 6.04 Å². The lowest BCUT2D eigenvalue weighted by atomic mass is 9.44. The van der Waals surface area contributed by atoms with Gasteiger partial charge in [0.2, 0.25) is 5.91 Å². The van der Waals surface area contributed by atoms with Crippen LogP contribution in [0.15, 0.2) is 0 Å². The van der Waals surface area contributed by atoms with Crippen LogP contribution >= 0.6 is 12.4 Å². The number of halogens is 1. The predicted molar refractivity (Wildman–Crippen MR) is 141 cm³/mol. The van der Waals surface area contributed by atoms with E-state index in [1.54, 1.807) is 0 Å². The summed E-state index contributed by atoms with van der Waals surface area (Å²) < 4.78 is 0. The van der Waals surface area contributed by atoms with E-state index < -0.39 is 0 Å². The standard InChI is InChI=1S/C29H52N2O.ClH/c1-19(2)7-6-8-20(3)24-11-12-25-23-10-9-21-17-22(31-27(32)18-30)13-15-28(21,4)26(23)14-16-29(24,25)5;/h19-26H,6-18,30H2,1-5H3,(H,31,32);1H/t20-,21?,22?,23+,24-,25+,26+,28+,29-;/m1./s1. The number of amides is 1. The molecule has 4 aliphatic carbocycles. The highest BCUT2D eigenvalue weighted by molar-refractivity contribution is 5.85. The third-order valence-corrected chi connectivity index (χ3v) is 11.4. The zero-order valence-corrected chi connectivity index (χ0v) is 23.0. The summed E-state index contributed by atoms with van der Waals surface area (Å²) in [6, 6.07) is 0.358. The normalized spacial score (nSPS) is 43.1. The lowest BCUT2D eigenvalue weighted by Gasteiger charge is -2.61. The fourth-order valence-electron chi connectivity index (χ4n) is 9.70. The van der Waals surface area contributed by atoms with Crippen LogP contribution in [0.25, 0.3) is 0 Å². The average molecular weight is 481 g/mol. The molecule has 0 radical (unpaired) electrons. The Morgan fingerprint density at radius 1 is 0.939 bits per heavy atom. The predicted octanol–water partition coefficient (Wildman–Crippen LogP) is 6.97. The summed E-state index contributed by atoms with van der Waals surface area (Å²) >= 11 is 0. The molecule has 0 aliphatic heterocycles. The van der Waals surface area contributed by atoms with Crippen LogP contribution in [0.4, 0.5) is 0 Å². The minimum atomic E-state index is 0. The molecule has 0 aromatic carbocycles. The highest BCUT2D eigenvalue weighted by Gasteiger charge is 2.60. The Morgan fingerprint density at radius 3 is 2.33 bits per heavy atom. The molecule has 4 saturated carbocycles. The van der Waals surface area contributed by atoms with Crippen LogP contribution in [0.5, 0.6) is 0 Å². The Balaban J connectivity index is 0.00000306. The van der Waals surface area contributed by atoms with Crippen LogP contribution < -0.4 is 11.1 Å². The third-order valence-electron chi connectivity index (χ3n) is 11.4. The van der Waals surface area contributed by atoms with E-state index >= 15 is 0 Å². The highest BCUT2D eigenvalue weighted by Crippen LogP contribution is 2.68. The topological polar surface area (TPSA) is 55.1 Å². The maximum Gasteiger partial charge on any atom is 0.233 e. The zero-order chi connectivity index (χ0) is 23.1. The lowest BCUT2D eigenvalue weighted by Crippen LogP contribution is -2.55. The lowest BCUT2D eigenvalue weighted by molar-refractivity contribution is -0.127. The van der Waals surface area contributed by atoms with Gasteiger partial charge in [0.15, 0.2) is 0 Å². The monoisotopic (exact) mass is 480 g/mol. The van der Waals surface area contributed by atoms with Gasteiger partial charge in [0.25, 0.3) is 0 Å². The van der Waals surface area contributed by atoms with Crippen molar-refractivity contribution in [2.75, 3.05) is 6.54 Å². The van der Waals surface area contributed by atoms with Crippen LogP contribution in [0, 0.1) is 52.3 Å². The minimum Gasteiger partial charge on any atom is -0.352 e. The summed E-state index contributed by atoms with van der Waals surface area (Å²) in [4.78, 5) is 11.9. The van der Waals surface area contributed by atoms with Gasteiger partial charge in [-0.1, -0.05) is 53.9 Å². The van der Waals surface area contributed by atoms with Crippen LogP contribution in [0.3, 0.4) is 0 Å². The van der Waals surface area contributed by atoms with E-state index in [4.69, 9.17) is 5.73 Å². The Labute approximate surface area is 210 Å². The van der Waals surface area contributed by atoms with Crippen molar-refractivity contribution in [3.63, 3.8) is 0 Å². The summed E-state index contributed by atoms with van der Waals surface area (Å²) in [7, 11) is 0. The van der Waals surface area contributed by atoms with Crippen LogP contribution in [0.2, 0.25) is 0 Å². The largest absolute Gasteiger partial charge is 0.352 e. The highest BCUT2D eigenvalue weighted by atomic mass is 35.5. The summed E-state index contributed by atoms with van der Waals surface area (Å²) in [5.41, 5.74) is 6.64. The van der Waals surface area contributed by atoms with Crippen molar-refractivity contribution in [2.45, 2.75) is 118 Å². The Kier molecular flexibility index (Phi) is 8.91. The summed E-state index contributed by atoms with van der Waals surface area (Å²) in [6.45, 7) is 12.8. The van der Waals surface area contributed by atoms with Crippen molar-refractivity contribution in [3.05, 3.63) is 0 Å². The van der Waals surface area contributed by atoms with Crippen molar-refractivity contribution in [1.82, 2.24) is 5.32 Å². The zero-order valence-electron chi connectivity index (χ0n) is 22.2. The van der Waals surface area contributed by atoms with Crippen molar-refractivity contribution in [1.29, 1.82) is 0 Å². The Morgan fingerprint density at radius 2 is 1.64 bits per heavy atom. The first-order valence-electron chi connectivity index (χ1n) is 14.2. The van der Waals surface area contributed by atoms with E-state index in [1.165, 1.54) is 70.6 Å². The first-order valence-corrected chi connectivity index (χ1v) is 14.2. The van der Waals surface area contributed by atoms with Crippen molar-refractivity contribution in [2.24, 2.45) is 58.0 Å². The van der Waals surface area contributed by atoms with Gasteiger partial charge in [0.05, 0.1) is 6.54 Å². The van der Waals surface area contributed by atoms with E-state index in [9.17, 15) is 4.79 Å². The second-order valence-electron chi connectivity index (χ2n) is 13.4. The van der Waals surface area contributed by atoms with Crippen LogP contribution in [-0.4, -0.2) is 18.5 Å². The van der Waals surface area contributed by atoms with E-state index in [1.807, 2.05) is 0 Å². The molecule has 3 N–H and O–H groups in total. The number of hydrogen-bond acceptors (Lipinski definition) is 2. The maximum absolute atomic E-state index is 11.9. The molecule has 9 atom stereocenters. The molecule has 0 aromatic rings. The SMILES string of the molecule is CC(C)CCC[C@@H](C)[C@H]1CC[C@H]2[C@@H]3CCC4CC(NC(=O)CN)CC[C@]4(C)[C@H]3CC[C@]12C.Cl. The molecule has 4 rings (SSSR count). The molecule has 2 unspecified atom stereocenters. The van der Waals surface area contributed by atoms with Crippen LogP contribution in [0.1, 0.15) is 112 Å². The fraction of sp³-hybridized carbons (Fsp3) is 0.966. The van der Waals surface area contributed by atoms with Gasteiger partial charge in [-0.3, -0.25) is 4.79 Å². The molecule has 1 amide bonds. The van der Waals surface area contributed by atoms with Crippen molar-refractivity contribution in [3.8, 4) is 0 Å². The van der Waals surface area contributed by atoms with Crippen molar-refractivity contribution < 1.29 is 4.79 Å². The second kappa shape index (κ2) is 10.8. The smallest absolute Gasteiger partial charge is 0.233 e. The molecular formula is C29H53ClN2O. The Hall–Kier alpha value is -0.280. The molecule has 4 fully saturated rings. The molecule has 4 heteroatoms. The average Bonchev–Trinajstić information content (AvgIpc) is 3.11. The van der Waals surface area contributed by atoms with Gasteiger partial charge in [-0.2, -0.15) is 0 Å². The maximum atomic E-state index is 11.9. The van der Waals surface area contributed by atoms with Gasteiger partial charge in [-0.05, 0) is 110 Å². The van der Waals surface area contributed by atoms with E-state index in [2.05, 4.69) is 39.9 Å². The first kappa shape index (κ1) is 27.3. The van der Waals surface area contributed by atoms with Gasteiger partial charge >= 0.3 is 0 Å². The molecule has 3 nitrogen and oxygen atoms in total. The molecule has 0 bridgehead atoms. The number of nitrogens with two attached hydrogens (primary N) is 1. The van der Waals surface area contributed by atoms with Gasteiger partial charge in [-0.25, -0.2) is 0 Å². The fourth-order valence-corrected chi connectivity index (χ4v) is 9.70. The molecule has 0 aromatic heterocycles. The third kappa shape index (κ3) is 5.16. The summed E-state index contributed by atoms with van der Waals surface area (Å²) in [5, 5.41) is 3.21. The van der Waals surface area contributed by atoms with E-state index in [0.29, 0.717) is 16.9 Å². The number of fused-ring (bicyclic) bond motifs is 5. The first-order chi connectivity index (χ1) is 15.2. The van der Waals surface area contributed by atoms with Gasteiger partial charge in [-0.15, -0.1) is 12.4 Å². The molecule has 33 heavy (non-hydrogen) atoms. The number of carbonyl (C=O) groups excluding carboxylic acids is 1. The molecule has 0 spiro atoms. The number of carbonyl (C=O) groups is 1. The second-order valence-corrected chi connectivity index (χ2v) is 13.4.